The maximum absolute atomic E-state index is 14.3. The number of nitrogens with zero attached hydrogens (tertiary/aromatic N) is 4. The molecule has 0 fully saturated rings. The number of nitrogens with one attached hydrogen (secondary N) is 2. The summed E-state index contributed by atoms with van der Waals surface area (Å²) in [4.78, 5) is 8.29. The van der Waals surface area contributed by atoms with Gasteiger partial charge >= 0.3 is 0 Å². The fraction of sp³-hybridized carbons (Fsp3) is 0.0526. The van der Waals surface area contributed by atoms with Crippen molar-refractivity contribution in [3.63, 3.8) is 0 Å². The summed E-state index contributed by atoms with van der Waals surface area (Å²) in [6, 6.07) is 11.1. The van der Waals surface area contributed by atoms with Gasteiger partial charge in [-0.1, -0.05) is 23.2 Å². The molecule has 0 aliphatic carbocycles. The van der Waals surface area contributed by atoms with Crippen molar-refractivity contribution in [1.29, 1.82) is 5.26 Å². The Morgan fingerprint density at radius 3 is 2.93 bits per heavy atom. The minimum atomic E-state index is -0.756. The Bertz CT molecular complexity index is 1250. The van der Waals surface area contributed by atoms with Gasteiger partial charge in [-0.25, -0.2) is 9.37 Å². The Labute approximate surface area is 174 Å². The lowest BCUT2D eigenvalue weighted by Crippen LogP contribution is -2.05. The van der Waals surface area contributed by atoms with Gasteiger partial charge in [0.15, 0.2) is 11.5 Å². The zero-order valence-corrected chi connectivity index (χ0v) is 16.1. The van der Waals surface area contributed by atoms with Crippen LogP contribution in [0.1, 0.15) is 11.3 Å². The van der Waals surface area contributed by atoms with Crippen LogP contribution in [0.2, 0.25) is 10.0 Å². The van der Waals surface area contributed by atoms with Gasteiger partial charge in [-0.2, -0.15) is 15.3 Å². The number of benzene rings is 1. The van der Waals surface area contributed by atoms with Crippen molar-refractivity contribution in [2.45, 2.75) is 6.54 Å². The van der Waals surface area contributed by atoms with E-state index in [0.717, 1.165) is 11.5 Å². The Morgan fingerprint density at radius 1 is 1.24 bits per heavy atom. The van der Waals surface area contributed by atoms with Crippen molar-refractivity contribution < 1.29 is 9.13 Å². The van der Waals surface area contributed by atoms with Crippen molar-refractivity contribution >= 4 is 40.1 Å². The van der Waals surface area contributed by atoms with Crippen LogP contribution < -0.4 is 10.1 Å². The summed E-state index contributed by atoms with van der Waals surface area (Å²) in [6.45, 7) is 0.277. The number of fused-ring (bicyclic) bond motifs is 1. The molecule has 0 spiro atoms. The second-order valence-corrected chi connectivity index (χ2v) is 6.76. The first-order chi connectivity index (χ1) is 14.0. The molecule has 0 saturated heterocycles. The summed E-state index contributed by atoms with van der Waals surface area (Å²) in [6.07, 6.45) is 1.66. The topological polar surface area (TPSA) is 99.5 Å². The van der Waals surface area contributed by atoms with Crippen LogP contribution in [0, 0.1) is 17.1 Å². The van der Waals surface area contributed by atoms with E-state index in [1.165, 1.54) is 18.2 Å². The Morgan fingerprint density at radius 2 is 2.10 bits per heavy atom. The number of halogens is 3. The van der Waals surface area contributed by atoms with E-state index in [-0.39, 0.29) is 39.6 Å². The number of pyridine rings is 2. The summed E-state index contributed by atoms with van der Waals surface area (Å²) >= 11 is 12.1. The van der Waals surface area contributed by atoms with E-state index in [4.69, 9.17) is 33.2 Å². The number of rotatable bonds is 5. The van der Waals surface area contributed by atoms with Crippen LogP contribution in [-0.2, 0) is 6.54 Å². The molecule has 0 aliphatic heterocycles. The van der Waals surface area contributed by atoms with Crippen molar-refractivity contribution in [1.82, 2.24) is 20.2 Å². The molecule has 10 heteroatoms. The third-order valence-electron chi connectivity index (χ3n) is 3.95. The number of ether oxygens (including phenoxy) is 1. The summed E-state index contributed by atoms with van der Waals surface area (Å²) in [7, 11) is 0. The number of anilines is 1. The van der Waals surface area contributed by atoms with Gasteiger partial charge in [-0.05, 0) is 30.3 Å². The van der Waals surface area contributed by atoms with Gasteiger partial charge < -0.3 is 10.1 Å². The lowest BCUT2D eigenvalue weighted by Gasteiger charge is -2.11. The fourth-order valence-electron chi connectivity index (χ4n) is 2.65. The van der Waals surface area contributed by atoms with Crippen molar-refractivity contribution in [3.05, 3.63) is 69.7 Å². The molecule has 1 aromatic carbocycles. The van der Waals surface area contributed by atoms with Crippen LogP contribution >= 0.6 is 23.2 Å². The Hall–Kier alpha value is -3.41. The van der Waals surface area contributed by atoms with E-state index in [0.29, 0.717) is 11.3 Å². The molecule has 0 radical (unpaired) electrons. The van der Waals surface area contributed by atoms with Crippen LogP contribution in [-0.4, -0.2) is 20.2 Å². The van der Waals surface area contributed by atoms with Crippen molar-refractivity contribution in [2.24, 2.45) is 0 Å². The second kappa shape index (κ2) is 7.91. The van der Waals surface area contributed by atoms with E-state index < -0.39 is 5.82 Å². The molecule has 3 aromatic heterocycles. The van der Waals surface area contributed by atoms with Gasteiger partial charge in [-0.3, -0.25) is 5.10 Å². The number of hydrogen-bond acceptors (Lipinski definition) is 6. The van der Waals surface area contributed by atoms with Crippen molar-refractivity contribution in [2.75, 3.05) is 5.32 Å². The molecular formula is C19H11Cl2FN6O. The zero-order valence-electron chi connectivity index (χ0n) is 14.6. The molecule has 2 N–H and O–H groups in total. The number of aromatic amines is 1. The first-order valence-electron chi connectivity index (χ1n) is 8.30. The molecule has 7 nitrogen and oxygen atoms in total. The van der Waals surface area contributed by atoms with Crippen LogP contribution in [0.25, 0.3) is 11.0 Å². The van der Waals surface area contributed by atoms with Gasteiger partial charge in [0.05, 0.1) is 28.9 Å². The zero-order chi connectivity index (χ0) is 20.4. The van der Waals surface area contributed by atoms with Crippen LogP contribution in [0.3, 0.4) is 0 Å². The third-order valence-corrected chi connectivity index (χ3v) is 4.46. The molecule has 0 amide bonds. The molecule has 0 unspecified atom stereocenters. The Balaban J connectivity index is 1.59. The minimum absolute atomic E-state index is 0.0802. The van der Waals surface area contributed by atoms with Crippen LogP contribution in [0.15, 0.2) is 42.6 Å². The molecule has 0 aliphatic rings. The normalized spacial score (nSPS) is 10.7. The molecule has 29 heavy (non-hydrogen) atoms. The lowest BCUT2D eigenvalue weighted by molar-refractivity contribution is 0.423. The molecule has 0 saturated carbocycles. The summed E-state index contributed by atoms with van der Waals surface area (Å²) in [5.74, 6) is -0.672. The summed E-state index contributed by atoms with van der Waals surface area (Å²) < 4.78 is 19.8. The number of H-pyrrole nitrogens is 1. The molecule has 0 atom stereocenters. The fourth-order valence-corrected chi connectivity index (χ4v) is 3.08. The minimum Gasteiger partial charge on any atom is -0.436 e. The molecular weight excluding hydrogens is 418 g/mol. The highest BCUT2D eigenvalue weighted by Gasteiger charge is 2.15. The number of nitriles is 1. The van der Waals surface area contributed by atoms with Gasteiger partial charge in [-0.15, -0.1) is 0 Å². The predicted molar refractivity (Wildman–Crippen MR) is 107 cm³/mol. The second-order valence-electron chi connectivity index (χ2n) is 5.92. The van der Waals surface area contributed by atoms with Gasteiger partial charge in [0.25, 0.3) is 5.88 Å². The lowest BCUT2D eigenvalue weighted by atomic mass is 10.2. The predicted octanol–water partition coefficient (Wildman–Crippen LogP) is 5.07. The quantitative estimate of drug-likeness (QED) is 0.459. The third kappa shape index (κ3) is 4.06. The number of aromatic nitrogens is 4. The van der Waals surface area contributed by atoms with E-state index in [9.17, 15) is 4.39 Å². The first-order valence-corrected chi connectivity index (χ1v) is 9.05. The SMILES string of the molecule is N#Cc1cc(Cl)cc(Oc2nc(NCc3n[nH]c4ncccc34)c(Cl)cc2F)c1. The summed E-state index contributed by atoms with van der Waals surface area (Å²) in [5.41, 5.74) is 1.63. The van der Waals surface area contributed by atoms with Crippen LogP contribution in [0.5, 0.6) is 11.6 Å². The summed E-state index contributed by atoms with van der Waals surface area (Å²) in [5, 5.41) is 20.3. The van der Waals surface area contributed by atoms with Crippen LogP contribution in [0.4, 0.5) is 10.2 Å². The van der Waals surface area contributed by atoms with E-state index in [1.807, 2.05) is 12.1 Å². The highest BCUT2D eigenvalue weighted by Crippen LogP contribution is 2.31. The van der Waals surface area contributed by atoms with E-state index >= 15 is 0 Å². The van der Waals surface area contributed by atoms with Gasteiger partial charge in [0.1, 0.15) is 11.6 Å². The average molecular weight is 429 g/mol. The molecule has 4 rings (SSSR count). The molecule has 0 bridgehead atoms. The van der Waals surface area contributed by atoms with Crippen molar-refractivity contribution in [3.8, 4) is 17.7 Å². The van der Waals surface area contributed by atoms with Gasteiger partial charge in [0.2, 0.25) is 0 Å². The average Bonchev–Trinajstić information content (AvgIpc) is 3.12. The highest BCUT2D eigenvalue weighted by molar-refractivity contribution is 6.33. The molecule has 144 valence electrons. The molecule has 4 aromatic rings. The number of hydrogen-bond donors (Lipinski definition) is 2. The van der Waals surface area contributed by atoms with E-state index in [2.05, 4.69) is 25.5 Å². The standard InChI is InChI=1S/C19H11Cl2FN6O/c20-11-4-10(8-23)5-12(6-11)29-19-15(22)7-14(21)18(26-19)25-9-16-13-2-1-3-24-17(13)28-27-16/h1-7H,9H2,(H,25,26)(H,24,27,28). The Kier molecular flexibility index (Phi) is 5.16. The maximum Gasteiger partial charge on any atom is 0.257 e. The molecule has 3 heterocycles. The monoisotopic (exact) mass is 428 g/mol. The van der Waals surface area contributed by atoms with E-state index in [1.54, 1.807) is 12.3 Å². The maximum atomic E-state index is 14.3. The first kappa shape index (κ1) is 18.9. The largest absolute Gasteiger partial charge is 0.436 e. The smallest absolute Gasteiger partial charge is 0.257 e. The highest BCUT2D eigenvalue weighted by atomic mass is 35.5. The van der Waals surface area contributed by atoms with Gasteiger partial charge in [0, 0.05) is 22.7 Å².